The highest BCUT2D eigenvalue weighted by molar-refractivity contribution is 5.96. The average molecular weight is 416 g/mol. The van der Waals surface area contributed by atoms with E-state index in [2.05, 4.69) is 5.32 Å². The first-order valence-corrected chi connectivity index (χ1v) is 9.24. The van der Waals surface area contributed by atoms with Crippen molar-refractivity contribution in [2.45, 2.75) is 20.8 Å². The van der Waals surface area contributed by atoms with Crippen LogP contribution >= 0.6 is 0 Å². The lowest BCUT2D eigenvalue weighted by Crippen LogP contribution is -2.21. The number of nitro groups is 1. The Morgan fingerprint density at radius 1 is 1.13 bits per heavy atom. The number of nitrogens with zero attached hydrogens (tertiary/aromatic N) is 1. The zero-order valence-electron chi connectivity index (χ0n) is 17.3. The Bertz CT molecular complexity index is 941. The number of carbonyl (C=O) groups excluding carboxylic acids is 2. The highest BCUT2D eigenvalue weighted by Crippen LogP contribution is 2.29. The van der Waals surface area contributed by atoms with Gasteiger partial charge in [-0.2, -0.15) is 0 Å². The third-order valence-corrected chi connectivity index (χ3v) is 4.00. The molecule has 1 amide bonds. The molecule has 0 aliphatic carbocycles. The molecule has 0 saturated heterocycles. The van der Waals surface area contributed by atoms with E-state index < -0.39 is 23.4 Å². The third-order valence-electron chi connectivity index (χ3n) is 4.00. The predicted molar refractivity (Wildman–Crippen MR) is 110 cm³/mol. The van der Waals surface area contributed by atoms with Gasteiger partial charge in [0.15, 0.2) is 18.1 Å². The maximum absolute atomic E-state index is 12.3. The van der Waals surface area contributed by atoms with E-state index in [-0.39, 0.29) is 11.3 Å². The summed E-state index contributed by atoms with van der Waals surface area (Å²) in [5.74, 6) is -0.0362. The molecule has 0 heterocycles. The van der Waals surface area contributed by atoms with Crippen molar-refractivity contribution in [3.8, 4) is 11.5 Å². The molecule has 0 unspecified atom stereocenters. The molecule has 2 rings (SSSR count). The van der Waals surface area contributed by atoms with Crippen LogP contribution in [0.4, 0.5) is 11.4 Å². The SMILES string of the molecule is COc1cc(C(=O)OCC(=O)Nc2ccc([N+](=O)[O-])cc2C)ccc1OCC(C)C. The Morgan fingerprint density at radius 3 is 2.47 bits per heavy atom. The monoisotopic (exact) mass is 416 g/mol. The fourth-order valence-electron chi connectivity index (χ4n) is 2.47. The van der Waals surface area contributed by atoms with Crippen molar-refractivity contribution < 1.29 is 28.7 Å². The van der Waals surface area contributed by atoms with Crippen LogP contribution in [0.25, 0.3) is 0 Å². The number of non-ortho nitro benzene ring substituents is 1. The lowest BCUT2D eigenvalue weighted by molar-refractivity contribution is -0.384. The summed E-state index contributed by atoms with van der Waals surface area (Å²) in [7, 11) is 1.46. The molecular formula is C21H24N2O7. The third kappa shape index (κ3) is 6.20. The molecule has 2 aromatic carbocycles. The topological polar surface area (TPSA) is 117 Å². The highest BCUT2D eigenvalue weighted by Gasteiger charge is 2.15. The molecule has 0 spiro atoms. The van der Waals surface area contributed by atoms with Gasteiger partial charge < -0.3 is 19.5 Å². The van der Waals surface area contributed by atoms with Gasteiger partial charge in [-0.1, -0.05) is 13.8 Å². The first kappa shape index (κ1) is 22.7. The number of nitro benzene ring substituents is 1. The second kappa shape index (κ2) is 10.2. The summed E-state index contributed by atoms with van der Waals surface area (Å²) in [4.78, 5) is 34.6. The van der Waals surface area contributed by atoms with Crippen LogP contribution in [0.1, 0.15) is 29.8 Å². The van der Waals surface area contributed by atoms with E-state index in [9.17, 15) is 19.7 Å². The number of nitrogens with one attached hydrogen (secondary N) is 1. The van der Waals surface area contributed by atoms with E-state index in [0.717, 1.165) is 0 Å². The largest absolute Gasteiger partial charge is 0.493 e. The molecule has 1 N–H and O–H groups in total. The molecule has 0 atom stereocenters. The molecule has 0 radical (unpaired) electrons. The smallest absolute Gasteiger partial charge is 0.338 e. The standard InChI is InChI=1S/C21H24N2O7/c1-13(2)11-29-18-8-5-15(10-19(18)28-4)21(25)30-12-20(24)22-17-7-6-16(23(26)27)9-14(17)3/h5-10,13H,11-12H2,1-4H3,(H,22,24). The van der Waals surface area contributed by atoms with Crippen LogP contribution in [-0.4, -0.2) is 37.1 Å². The minimum absolute atomic E-state index is 0.0771. The fourth-order valence-corrected chi connectivity index (χ4v) is 2.47. The van der Waals surface area contributed by atoms with Crippen LogP contribution in [0.15, 0.2) is 36.4 Å². The molecule has 0 saturated carbocycles. The van der Waals surface area contributed by atoms with E-state index in [1.165, 1.54) is 37.4 Å². The van der Waals surface area contributed by atoms with Crippen LogP contribution in [0.3, 0.4) is 0 Å². The van der Waals surface area contributed by atoms with Crippen molar-refractivity contribution in [2.24, 2.45) is 5.92 Å². The average Bonchev–Trinajstić information content (AvgIpc) is 2.71. The van der Waals surface area contributed by atoms with Gasteiger partial charge in [-0.15, -0.1) is 0 Å². The molecular weight excluding hydrogens is 392 g/mol. The molecule has 9 heteroatoms. The maximum Gasteiger partial charge on any atom is 0.338 e. The van der Waals surface area contributed by atoms with Crippen LogP contribution in [0.5, 0.6) is 11.5 Å². The zero-order chi connectivity index (χ0) is 22.3. The van der Waals surface area contributed by atoms with E-state index in [1.807, 2.05) is 13.8 Å². The van der Waals surface area contributed by atoms with Gasteiger partial charge in [0.05, 0.1) is 24.2 Å². The summed E-state index contributed by atoms with van der Waals surface area (Å²) < 4.78 is 15.9. The van der Waals surface area contributed by atoms with Crippen molar-refractivity contribution in [3.63, 3.8) is 0 Å². The van der Waals surface area contributed by atoms with Crippen LogP contribution in [0, 0.1) is 23.0 Å². The van der Waals surface area contributed by atoms with Crippen molar-refractivity contribution in [1.29, 1.82) is 0 Å². The molecule has 0 bridgehead atoms. The number of anilines is 1. The lowest BCUT2D eigenvalue weighted by Gasteiger charge is -2.13. The molecule has 2 aromatic rings. The number of aryl methyl sites for hydroxylation is 1. The summed E-state index contributed by atoms with van der Waals surface area (Å²) in [6, 6.07) is 8.67. The van der Waals surface area contributed by atoms with Crippen molar-refractivity contribution in [3.05, 3.63) is 57.6 Å². The number of hydrogen-bond acceptors (Lipinski definition) is 7. The number of rotatable bonds is 9. The number of esters is 1. The van der Waals surface area contributed by atoms with Gasteiger partial charge in [0.2, 0.25) is 0 Å². The van der Waals surface area contributed by atoms with Crippen LogP contribution in [-0.2, 0) is 9.53 Å². The Balaban J connectivity index is 1.96. The van der Waals surface area contributed by atoms with E-state index >= 15 is 0 Å². The van der Waals surface area contributed by atoms with Gasteiger partial charge in [-0.3, -0.25) is 14.9 Å². The molecule has 0 aliphatic rings. The maximum atomic E-state index is 12.3. The number of ether oxygens (including phenoxy) is 3. The first-order chi connectivity index (χ1) is 14.2. The zero-order valence-corrected chi connectivity index (χ0v) is 17.3. The molecule has 9 nitrogen and oxygen atoms in total. The molecule has 0 fully saturated rings. The summed E-state index contributed by atoms with van der Waals surface area (Å²) in [5, 5.41) is 13.3. The van der Waals surface area contributed by atoms with Crippen molar-refractivity contribution in [1.82, 2.24) is 0 Å². The van der Waals surface area contributed by atoms with Gasteiger partial charge in [-0.05, 0) is 42.7 Å². The molecule has 0 aliphatic heterocycles. The van der Waals surface area contributed by atoms with E-state index in [0.29, 0.717) is 35.3 Å². The van der Waals surface area contributed by atoms with Gasteiger partial charge in [0.25, 0.3) is 11.6 Å². The summed E-state index contributed by atoms with van der Waals surface area (Å²) in [5.41, 5.74) is 1.05. The van der Waals surface area contributed by atoms with E-state index in [1.54, 1.807) is 13.0 Å². The minimum Gasteiger partial charge on any atom is -0.493 e. The van der Waals surface area contributed by atoms with Crippen molar-refractivity contribution in [2.75, 3.05) is 25.6 Å². The number of benzene rings is 2. The van der Waals surface area contributed by atoms with Gasteiger partial charge in [0, 0.05) is 17.8 Å². The van der Waals surface area contributed by atoms with Gasteiger partial charge >= 0.3 is 5.97 Å². The Morgan fingerprint density at radius 2 is 1.87 bits per heavy atom. The Hall–Kier alpha value is -3.62. The fraction of sp³-hybridized carbons (Fsp3) is 0.333. The Kier molecular flexibility index (Phi) is 7.74. The number of hydrogen-bond donors (Lipinski definition) is 1. The van der Waals surface area contributed by atoms with Crippen molar-refractivity contribution >= 4 is 23.3 Å². The van der Waals surface area contributed by atoms with E-state index in [4.69, 9.17) is 14.2 Å². The molecule has 0 aromatic heterocycles. The second-order valence-corrected chi connectivity index (χ2v) is 6.95. The lowest BCUT2D eigenvalue weighted by atomic mass is 10.2. The predicted octanol–water partition coefficient (Wildman–Crippen LogP) is 3.74. The molecule has 30 heavy (non-hydrogen) atoms. The summed E-state index contributed by atoms with van der Waals surface area (Å²) in [6.07, 6.45) is 0. The van der Waals surface area contributed by atoms with Crippen LogP contribution in [0.2, 0.25) is 0 Å². The summed E-state index contributed by atoms with van der Waals surface area (Å²) in [6.45, 7) is 5.65. The first-order valence-electron chi connectivity index (χ1n) is 9.24. The number of methoxy groups -OCH3 is 1. The van der Waals surface area contributed by atoms with Gasteiger partial charge in [0.1, 0.15) is 0 Å². The Labute approximate surface area is 174 Å². The number of carbonyl (C=O) groups is 2. The van der Waals surface area contributed by atoms with Crippen LogP contribution < -0.4 is 14.8 Å². The van der Waals surface area contributed by atoms with Gasteiger partial charge in [-0.25, -0.2) is 4.79 Å². The highest BCUT2D eigenvalue weighted by atomic mass is 16.6. The number of amides is 1. The minimum atomic E-state index is -0.695. The second-order valence-electron chi connectivity index (χ2n) is 6.95. The quantitative estimate of drug-likeness (QED) is 0.376. The summed E-state index contributed by atoms with van der Waals surface area (Å²) >= 11 is 0. The normalized spacial score (nSPS) is 10.4. The molecule has 160 valence electrons.